The van der Waals surface area contributed by atoms with Crippen LogP contribution in [0, 0.1) is 0 Å². The lowest BCUT2D eigenvalue weighted by Crippen LogP contribution is -2.41. The summed E-state index contributed by atoms with van der Waals surface area (Å²) in [5.74, 6) is -0.564. The Kier molecular flexibility index (Phi) is 5.66. The molecule has 0 fully saturated rings. The van der Waals surface area contributed by atoms with Gasteiger partial charge in [-0.25, -0.2) is 4.79 Å². The van der Waals surface area contributed by atoms with Crippen molar-refractivity contribution in [3.05, 3.63) is 47.5 Å². The summed E-state index contributed by atoms with van der Waals surface area (Å²) in [5.41, 5.74) is 2.16. The number of carbonyl (C=O) groups is 2. The first-order valence-electron chi connectivity index (χ1n) is 7.47. The van der Waals surface area contributed by atoms with Crippen molar-refractivity contribution in [3.63, 3.8) is 0 Å². The molecule has 5 heteroatoms. The minimum Gasteiger partial charge on any atom is -0.479 e. The molecule has 0 aliphatic carbocycles. The third kappa shape index (κ3) is 3.53. The van der Waals surface area contributed by atoms with Crippen LogP contribution in [0.2, 0.25) is 0 Å². The number of aliphatic carboxylic acids is 1. The summed E-state index contributed by atoms with van der Waals surface area (Å²) in [6.07, 6.45) is 2.87. The van der Waals surface area contributed by atoms with Gasteiger partial charge in [0.2, 0.25) is 5.91 Å². The van der Waals surface area contributed by atoms with Gasteiger partial charge in [0.25, 0.3) is 0 Å². The normalized spacial score (nSPS) is 18.9. The highest BCUT2D eigenvalue weighted by Crippen LogP contribution is 2.33. The molecule has 1 heterocycles. The molecule has 2 rings (SSSR count). The third-order valence-corrected chi connectivity index (χ3v) is 4.24. The minimum absolute atomic E-state index is 0.150. The van der Waals surface area contributed by atoms with Crippen molar-refractivity contribution in [2.24, 2.45) is 0 Å². The Balaban J connectivity index is 2.26. The summed E-state index contributed by atoms with van der Waals surface area (Å²) in [4.78, 5) is 25.0. The number of amides is 1. The van der Waals surface area contributed by atoms with Crippen LogP contribution in [0.4, 0.5) is 0 Å². The van der Waals surface area contributed by atoms with Crippen molar-refractivity contribution in [2.75, 3.05) is 12.3 Å². The number of nitrogens with zero attached hydrogens (tertiary/aromatic N) is 1. The van der Waals surface area contributed by atoms with Gasteiger partial charge in [0, 0.05) is 18.9 Å². The molecule has 0 aromatic heterocycles. The first kappa shape index (κ1) is 16.6. The Labute approximate surface area is 136 Å². The van der Waals surface area contributed by atoms with E-state index in [1.807, 2.05) is 30.3 Å². The Morgan fingerprint density at radius 2 is 2.05 bits per heavy atom. The first-order valence-corrected chi connectivity index (χ1v) is 8.10. The molecule has 4 nitrogen and oxygen atoms in total. The monoisotopic (exact) mass is 319 g/mol. The van der Waals surface area contributed by atoms with E-state index in [0.29, 0.717) is 12.3 Å². The van der Waals surface area contributed by atoms with Crippen molar-refractivity contribution < 1.29 is 14.7 Å². The van der Waals surface area contributed by atoms with Gasteiger partial charge in [0.1, 0.15) is 6.04 Å². The summed E-state index contributed by atoms with van der Waals surface area (Å²) in [7, 11) is 0. The lowest BCUT2D eigenvalue weighted by atomic mass is 9.89. The molecule has 1 aromatic carbocycles. The maximum Gasteiger partial charge on any atom is 0.330 e. The van der Waals surface area contributed by atoms with E-state index < -0.39 is 12.0 Å². The number of benzene rings is 1. The highest BCUT2D eigenvalue weighted by Gasteiger charge is 2.35. The van der Waals surface area contributed by atoms with Crippen LogP contribution in [0.25, 0.3) is 0 Å². The average Bonchev–Trinajstić information content (AvgIpc) is 2.95. The van der Waals surface area contributed by atoms with E-state index in [4.69, 9.17) is 0 Å². The molecule has 0 spiro atoms. The number of carboxylic acids is 1. The molecule has 0 saturated heterocycles. The number of hydrogen-bond donors (Lipinski definition) is 2. The van der Waals surface area contributed by atoms with Gasteiger partial charge in [-0.1, -0.05) is 37.3 Å². The Morgan fingerprint density at radius 1 is 1.36 bits per heavy atom. The van der Waals surface area contributed by atoms with Crippen molar-refractivity contribution in [3.8, 4) is 0 Å². The molecule has 0 saturated carbocycles. The predicted octanol–water partition coefficient (Wildman–Crippen LogP) is 2.72. The Morgan fingerprint density at radius 3 is 2.59 bits per heavy atom. The fourth-order valence-electron chi connectivity index (χ4n) is 2.95. The van der Waals surface area contributed by atoms with Crippen LogP contribution in [-0.2, 0) is 9.59 Å². The van der Waals surface area contributed by atoms with Gasteiger partial charge in [0.15, 0.2) is 0 Å². The van der Waals surface area contributed by atoms with Crippen molar-refractivity contribution in [2.45, 2.75) is 31.7 Å². The molecule has 1 N–H and O–H groups in total. The summed E-state index contributed by atoms with van der Waals surface area (Å²) in [6.45, 7) is 2.46. The van der Waals surface area contributed by atoms with E-state index in [-0.39, 0.29) is 18.2 Å². The SMILES string of the molecule is CCC(C1=C[C@@H](C(=O)O)N(C(=O)CCS)C1)c1ccccc1. The Hall–Kier alpha value is -1.75. The van der Waals surface area contributed by atoms with Crippen LogP contribution in [0.1, 0.15) is 31.2 Å². The molecule has 22 heavy (non-hydrogen) atoms. The number of thiol groups is 1. The van der Waals surface area contributed by atoms with Crippen LogP contribution in [0.5, 0.6) is 0 Å². The number of carboxylic acid groups (broad SMARTS) is 1. The van der Waals surface area contributed by atoms with Crippen LogP contribution in [0.15, 0.2) is 42.0 Å². The quantitative estimate of drug-likeness (QED) is 0.626. The van der Waals surface area contributed by atoms with Crippen LogP contribution < -0.4 is 0 Å². The molecule has 1 unspecified atom stereocenters. The van der Waals surface area contributed by atoms with E-state index in [0.717, 1.165) is 17.6 Å². The molecular weight excluding hydrogens is 298 g/mol. The first-order chi connectivity index (χ1) is 10.6. The van der Waals surface area contributed by atoms with Crippen molar-refractivity contribution in [1.82, 2.24) is 4.90 Å². The summed E-state index contributed by atoms with van der Waals surface area (Å²) in [5, 5.41) is 9.39. The Bertz CT molecular complexity index is 571. The highest BCUT2D eigenvalue weighted by atomic mass is 32.1. The summed E-state index contributed by atoms with van der Waals surface area (Å²) in [6, 6.07) is 9.14. The van der Waals surface area contributed by atoms with Gasteiger partial charge in [0.05, 0.1) is 0 Å². The number of rotatable bonds is 6. The molecule has 2 atom stereocenters. The predicted molar refractivity (Wildman–Crippen MR) is 89.2 cm³/mol. The smallest absolute Gasteiger partial charge is 0.330 e. The molecule has 1 aliphatic rings. The zero-order valence-electron chi connectivity index (χ0n) is 12.6. The second-order valence-electron chi connectivity index (χ2n) is 5.39. The average molecular weight is 319 g/mol. The molecule has 0 radical (unpaired) electrons. The lowest BCUT2D eigenvalue weighted by Gasteiger charge is -2.23. The fourth-order valence-corrected chi connectivity index (χ4v) is 3.14. The summed E-state index contributed by atoms with van der Waals surface area (Å²) < 4.78 is 0. The minimum atomic E-state index is -0.981. The molecule has 1 aromatic rings. The summed E-state index contributed by atoms with van der Waals surface area (Å²) >= 11 is 4.06. The molecular formula is C17H21NO3S. The standard InChI is InChI=1S/C17H21NO3S/c1-2-14(12-6-4-3-5-7-12)13-10-15(17(20)21)18(11-13)16(19)8-9-22/h3-7,10,14-15,22H,2,8-9,11H2,1H3,(H,20,21)/t14?,15-/m0/s1. The number of carbonyl (C=O) groups excluding carboxylic acids is 1. The topological polar surface area (TPSA) is 57.6 Å². The second-order valence-corrected chi connectivity index (χ2v) is 5.84. The van der Waals surface area contributed by atoms with Crippen molar-refractivity contribution >= 4 is 24.5 Å². The third-order valence-electron chi connectivity index (χ3n) is 4.02. The lowest BCUT2D eigenvalue weighted by molar-refractivity contribution is -0.146. The van der Waals surface area contributed by atoms with Gasteiger partial charge in [-0.15, -0.1) is 0 Å². The van der Waals surface area contributed by atoms with Gasteiger partial charge >= 0.3 is 5.97 Å². The fraction of sp³-hybridized carbons (Fsp3) is 0.412. The van der Waals surface area contributed by atoms with Gasteiger partial charge < -0.3 is 10.0 Å². The maximum atomic E-state index is 12.1. The van der Waals surface area contributed by atoms with E-state index in [2.05, 4.69) is 19.6 Å². The maximum absolute atomic E-state index is 12.1. The number of hydrogen-bond acceptors (Lipinski definition) is 3. The van der Waals surface area contributed by atoms with E-state index >= 15 is 0 Å². The molecule has 1 amide bonds. The van der Waals surface area contributed by atoms with Gasteiger partial charge in [-0.05, 0) is 29.4 Å². The zero-order chi connectivity index (χ0) is 16.1. The van der Waals surface area contributed by atoms with Crippen LogP contribution in [0.3, 0.4) is 0 Å². The zero-order valence-corrected chi connectivity index (χ0v) is 13.5. The van der Waals surface area contributed by atoms with E-state index in [1.165, 1.54) is 4.90 Å². The van der Waals surface area contributed by atoms with Crippen LogP contribution >= 0.6 is 12.6 Å². The van der Waals surface area contributed by atoms with Crippen LogP contribution in [-0.4, -0.2) is 40.2 Å². The molecule has 1 aliphatic heterocycles. The molecule has 0 bridgehead atoms. The largest absolute Gasteiger partial charge is 0.479 e. The second kappa shape index (κ2) is 7.49. The highest BCUT2D eigenvalue weighted by molar-refractivity contribution is 7.80. The van der Waals surface area contributed by atoms with E-state index in [1.54, 1.807) is 6.08 Å². The van der Waals surface area contributed by atoms with E-state index in [9.17, 15) is 14.7 Å². The van der Waals surface area contributed by atoms with Gasteiger partial charge in [-0.3, -0.25) is 4.79 Å². The molecule has 118 valence electrons. The van der Waals surface area contributed by atoms with Gasteiger partial charge in [-0.2, -0.15) is 12.6 Å². The van der Waals surface area contributed by atoms with Crippen molar-refractivity contribution in [1.29, 1.82) is 0 Å².